The number of nitrogens with zero attached hydrogens (tertiary/aromatic N) is 2. The third kappa shape index (κ3) is 4.61. The summed E-state index contributed by atoms with van der Waals surface area (Å²) in [6, 6.07) is 16.3. The van der Waals surface area contributed by atoms with E-state index in [0.717, 1.165) is 65.4 Å². The van der Waals surface area contributed by atoms with Gasteiger partial charge in [-0.2, -0.15) is 0 Å². The maximum Gasteiger partial charge on any atom is 0.256 e. The summed E-state index contributed by atoms with van der Waals surface area (Å²) >= 11 is 0. The quantitative estimate of drug-likeness (QED) is 0.585. The van der Waals surface area contributed by atoms with E-state index < -0.39 is 0 Å². The first-order chi connectivity index (χ1) is 16.7. The number of hydrogen-bond donors (Lipinski definition) is 3. The van der Waals surface area contributed by atoms with Crippen LogP contribution in [0.3, 0.4) is 0 Å². The fraction of sp³-hybridized carbons (Fsp3) is 0.250. The van der Waals surface area contributed by atoms with Crippen LogP contribution in [0.15, 0.2) is 79.0 Å². The lowest BCUT2D eigenvalue weighted by atomic mass is 9.93. The zero-order valence-electron chi connectivity index (χ0n) is 19.2. The van der Waals surface area contributed by atoms with E-state index in [9.17, 15) is 9.90 Å². The number of aliphatic hydroxyl groups excluding tert-OH is 1. The maximum absolute atomic E-state index is 13.4. The van der Waals surface area contributed by atoms with Crippen molar-refractivity contribution >= 4 is 28.4 Å². The van der Waals surface area contributed by atoms with Gasteiger partial charge in [-0.1, -0.05) is 60.7 Å². The summed E-state index contributed by atoms with van der Waals surface area (Å²) < 4.78 is 0. The Kier molecular flexibility index (Phi) is 6.72. The number of β-amino-alcohol motifs (C(OH)–C–C–N with tert-alkyl or cyclic N) is 1. The van der Waals surface area contributed by atoms with Gasteiger partial charge in [0.2, 0.25) is 0 Å². The van der Waals surface area contributed by atoms with Gasteiger partial charge in [0.15, 0.2) is 0 Å². The molecule has 0 radical (unpaired) electrons. The number of fused-ring (bicyclic) bond motifs is 1. The van der Waals surface area contributed by atoms with Crippen molar-refractivity contribution < 1.29 is 9.90 Å². The van der Waals surface area contributed by atoms with Crippen LogP contribution in [0.1, 0.15) is 16.7 Å². The molecule has 0 aliphatic carbocycles. The van der Waals surface area contributed by atoms with Crippen LogP contribution >= 0.6 is 0 Å². The third-order valence-corrected chi connectivity index (χ3v) is 6.60. The molecule has 174 valence electrons. The Morgan fingerprint density at radius 2 is 1.65 bits per heavy atom. The molecule has 0 atom stereocenters. The molecular formula is C28H30N4O2. The van der Waals surface area contributed by atoms with Gasteiger partial charge < -0.3 is 15.7 Å². The highest BCUT2D eigenvalue weighted by atomic mass is 16.3. The Bertz CT molecular complexity index is 1170. The van der Waals surface area contributed by atoms with Crippen LogP contribution in [0.5, 0.6) is 0 Å². The zero-order valence-corrected chi connectivity index (χ0v) is 19.2. The number of rotatable bonds is 6. The van der Waals surface area contributed by atoms with Crippen molar-refractivity contribution in [3.63, 3.8) is 0 Å². The zero-order chi connectivity index (χ0) is 23.3. The topological polar surface area (TPSA) is 67.8 Å². The summed E-state index contributed by atoms with van der Waals surface area (Å²) in [5.74, 6) is -0.0551. The molecule has 5 rings (SSSR count). The average Bonchev–Trinajstić information content (AvgIpc) is 3.02. The van der Waals surface area contributed by atoms with Crippen LogP contribution in [0, 0.1) is 0 Å². The second-order valence-electron chi connectivity index (χ2n) is 8.71. The van der Waals surface area contributed by atoms with E-state index in [1.807, 2.05) is 66.9 Å². The smallest absolute Gasteiger partial charge is 0.256 e. The van der Waals surface area contributed by atoms with Crippen molar-refractivity contribution in [1.29, 1.82) is 0 Å². The third-order valence-electron chi connectivity index (χ3n) is 6.60. The predicted molar refractivity (Wildman–Crippen MR) is 138 cm³/mol. The van der Waals surface area contributed by atoms with Crippen molar-refractivity contribution in [1.82, 2.24) is 15.1 Å². The van der Waals surface area contributed by atoms with Crippen LogP contribution in [0.2, 0.25) is 0 Å². The van der Waals surface area contributed by atoms with Gasteiger partial charge in [0.05, 0.1) is 17.9 Å². The molecule has 1 saturated heterocycles. The number of carbonyl (C=O) groups is 1. The lowest BCUT2D eigenvalue weighted by Gasteiger charge is -2.35. The van der Waals surface area contributed by atoms with Crippen LogP contribution in [-0.2, 0) is 4.79 Å². The number of piperazine rings is 1. The molecule has 0 saturated carbocycles. The summed E-state index contributed by atoms with van der Waals surface area (Å²) in [4.78, 5) is 18.1. The Morgan fingerprint density at radius 3 is 2.44 bits per heavy atom. The van der Waals surface area contributed by atoms with Crippen molar-refractivity contribution in [3.05, 3.63) is 95.7 Å². The van der Waals surface area contributed by atoms with Crippen LogP contribution in [-0.4, -0.2) is 66.7 Å². The first-order valence-corrected chi connectivity index (χ1v) is 11.8. The number of nitrogens with one attached hydrogen (secondary N) is 2. The number of para-hydroxylation sites is 1. The Hall–Kier alpha value is -3.45. The first kappa shape index (κ1) is 22.3. The van der Waals surface area contributed by atoms with E-state index in [-0.39, 0.29) is 12.5 Å². The van der Waals surface area contributed by atoms with Crippen LogP contribution in [0.4, 0.5) is 5.69 Å². The number of hydrogen-bond acceptors (Lipinski definition) is 5. The fourth-order valence-electron chi connectivity index (χ4n) is 4.83. The monoisotopic (exact) mass is 454 g/mol. The van der Waals surface area contributed by atoms with E-state index in [1.165, 1.54) is 0 Å². The molecule has 6 nitrogen and oxygen atoms in total. The molecule has 3 heterocycles. The van der Waals surface area contributed by atoms with E-state index in [0.29, 0.717) is 13.1 Å². The number of allylic oxidation sites excluding steroid dienone is 4. The molecule has 3 aliphatic heterocycles. The molecule has 0 unspecified atom stereocenters. The minimum atomic E-state index is -0.0551. The largest absolute Gasteiger partial charge is 0.395 e. The molecule has 1 amide bonds. The van der Waals surface area contributed by atoms with Gasteiger partial charge in [0.1, 0.15) is 0 Å². The van der Waals surface area contributed by atoms with E-state index in [1.54, 1.807) is 0 Å². The maximum atomic E-state index is 13.4. The normalized spacial score (nSPS) is 19.8. The fourth-order valence-corrected chi connectivity index (χ4v) is 4.83. The summed E-state index contributed by atoms with van der Waals surface area (Å²) in [6.07, 6.45) is 9.83. The van der Waals surface area contributed by atoms with Gasteiger partial charge in [0.25, 0.3) is 5.91 Å². The number of anilines is 1. The van der Waals surface area contributed by atoms with Gasteiger partial charge in [-0.15, -0.1) is 0 Å². The Morgan fingerprint density at radius 1 is 0.882 bits per heavy atom. The minimum absolute atomic E-state index is 0.0551. The highest BCUT2D eigenvalue weighted by Gasteiger charge is 2.31. The second-order valence-corrected chi connectivity index (χ2v) is 8.71. The van der Waals surface area contributed by atoms with E-state index >= 15 is 0 Å². The molecule has 6 heteroatoms. The van der Waals surface area contributed by atoms with E-state index in [2.05, 4.69) is 32.6 Å². The minimum Gasteiger partial charge on any atom is -0.395 e. The SMILES string of the molecule is O=C1Nc2c(C3=CC=CC=CN3)cccc2C1=C(CN1CCN(CCO)CC1)c1ccccc1. The lowest BCUT2D eigenvalue weighted by Crippen LogP contribution is -2.47. The summed E-state index contributed by atoms with van der Waals surface area (Å²) in [5.41, 5.74) is 6.59. The lowest BCUT2D eigenvalue weighted by molar-refractivity contribution is -0.110. The number of benzene rings is 2. The van der Waals surface area contributed by atoms with Gasteiger partial charge in [0, 0.05) is 62.3 Å². The van der Waals surface area contributed by atoms with Crippen molar-refractivity contribution in [2.45, 2.75) is 0 Å². The van der Waals surface area contributed by atoms with Crippen LogP contribution in [0.25, 0.3) is 16.8 Å². The molecule has 0 aromatic heterocycles. The van der Waals surface area contributed by atoms with Gasteiger partial charge in [-0.05, 0) is 23.3 Å². The first-order valence-electron chi connectivity index (χ1n) is 11.8. The number of aliphatic hydroxyl groups is 1. The predicted octanol–water partition coefficient (Wildman–Crippen LogP) is 3.17. The van der Waals surface area contributed by atoms with Gasteiger partial charge in [-0.25, -0.2) is 0 Å². The number of amides is 1. The molecule has 2 aromatic rings. The molecule has 0 spiro atoms. The summed E-state index contributed by atoms with van der Waals surface area (Å²) in [7, 11) is 0. The molecule has 2 aromatic carbocycles. The molecule has 0 bridgehead atoms. The summed E-state index contributed by atoms with van der Waals surface area (Å²) in [6.45, 7) is 5.28. The van der Waals surface area contributed by atoms with Gasteiger partial charge in [-0.3, -0.25) is 14.6 Å². The second kappa shape index (κ2) is 10.2. The van der Waals surface area contributed by atoms with Crippen molar-refractivity contribution in [2.24, 2.45) is 0 Å². The Balaban J connectivity index is 1.54. The average molecular weight is 455 g/mol. The summed E-state index contributed by atoms with van der Waals surface area (Å²) in [5, 5.41) is 15.7. The molecule has 1 fully saturated rings. The molecule has 3 N–H and O–H groups in total. The van der Waals surface area contributed by atoms with Crippen molar-refractivity contribution in [3.8, 4) is 0 Å². The highest BCUT2D eigenvalue weighted by Crippen LogP contribution is 2.41. The Labute approximate surface area is 200 Å². The molecule has 34 heavy (non-hydrogen) atoms. The standard InChI is InChI=1S/C28H30N4O2/c33-19-18-31-14-16-32(17-15-31)20-24(21-8-3-1-4-9-21)26-23-11-7-10-22(27(23)30-28(26)34)25-12-5-2-6-13-29-25/h1-13,29,33H,14-20H2,(H,30,34). The van der Waals surface area contributed by atoms with E-state index in [4.69, 9.17) is 0 Å². The highest BCUT2D eigenvalue weighted by molar-refractivity contribution is 6.37. The molecule has 3 aliphatic rings. The van der Waals surface area contributed by atoms with Crippen molar-refractivity contribution in [2.75, 3.05) is 51.2 Å². The van der Waals surface area contributed by atoms with Gasteiger partial charge >= 0.3 is 0 Å². The number of carbonyl (C=O) groups excluding carboxylic acids is 1. The van der Waals surface area contributed by atoms with Crippen LogP contribution < -0.4 is 10.6 Å². The molecular weight excluding hydrogens is 424 g/mol.